The fraction of sp³-hybridized carbons (Fsp3) is 0.778. The molecule has 0 heterocycles. The molecule has 4 aliphatic rings. The van der Waals surface area contributed by atoms with Gasteiger partial charge in [0.2, 0.25) is 0 Å². The summed E-state index contributed by atoms with van der Waals surface area (Å²) in [5.41, 5.74) is -5.11. The first-order valence-corrected chi connectivity index (χ1v) is 12.4. The van der Waals surface area contributed by atoms with Crippen molar-refractivity contribution in [2.75, 3.05) is 6.61 Å². The zero-order chi connectivity index (χ0) is 26.5. The summed E-state index contributed by atoms with van der Waals surface area (Å²) in [6, 6.07) is 0. The van der Waals surface area contributed by atoms with Gasteiger partial charge >= 0.3 is 11.9 Å². The van der Waals surface area contributed by atoms with E-state index in [4.69, 9.17) is 9.47 Å². The van der Waals surface area contributed by atoms with Gasteiger partial charge in [-0.3, -0.25) is 9.59 Å². The van der Waals surface area contributed by atoms with Gasteiger partial charge in [-0.1, -0.05) is 32.9 Å². The van der Waals surface area contributed by atoms with E-state index in [9.17, 15) is 30.0 Å². The number of hydrogen-bond donors (Lipinski definition) is 4. The van der Waals surface area contributed by atoms with E-state index in [2.05, 4.69) is 0 Å². The molecule has 35 heavy (non-hydrogen) atoms. The third-order valence-corrected chi connectivity index (χ3v) is 9.44. The van der Waals surface area contributed by atoms with Gasteiger partial charge in [-0.15, -0.1) is 0 Å². The highest BCUT2D eigenvalue weighted by molar-refractivity contribution is 5.76. The summed E-state index contributed by atoms with van der Waals surface area (Å²) in [5.74, 6) is -2.38. The zero-order valence-corrected chi connectivity index (χ0v) is 22.0. The normalized spacial score (nSPS) is 45.7. The van der Waals surface area contributed by atoms with Crippen LogP contribution in [0, 0.1) is 34.0 Å². The van der Waals surface area contributed by atoms with Crippen LogP contribution in [0.1, 0.15) is 61.8 Å². The number of esters is 2. The predicted octanol–water partition coefficient (Wildman–Crippen LogP) is 1.89. The highest BCUT2D eigenvalue weighted by atomic mass is 16.6. The Morgan fingerprint density at radius 1 is 1.20 bits per heavy atom. The Bertz CT molecular complexity index is 1010. The third kappa shape index (κ3) is 3.12. The van der Waals surface area contributed by atoms with Gasteiger partial charge in [-0.2, -0.15) is 0 Å². The minimum atomic E-state index is -2.14. The van der Waals surface area contributed by atoms with E-state index in [0.29, 0.717) is 12.0 Å². The smallest absolute Gasteiger partial charge is 0.311 e. The van der Waals surface area contributed by atoms with E-state index in [1.165, 1.54) is 6.92 Å². The van der Waals surface area contributed by atoms with Gasteiger partial charge in [0.25, 0.3) is 0 Å². The maximum absolute atomic E-state index is 12.9. The Balaban J connectivity index is 1.94. The summed E-state index contributed by atoms with van der Waals surface area (Å²) in [5, 5.41) is 46.4. The number of rotatable bonds is 3. The maximum Gasteiger partial charge on any atom is 0.311 e. The first-order chi connectivity index (χ1) is 15.9. The molecule has 8 heteroatoms. The Morgan fingerprint density at radius 2 is 1.80 bits per heavy atom. The zero-order valence-electron chi connectivity index (χ0n) is 22.0. The minimum Gasteiger partial charge on any atom is -0.458 e. The lowest BCUT2D eigenvalue weighted by Gasteiger charge is -2.52. The van der Waals surface area contributed by atoms with Gasteiger partial charge in [-0.25, -0.2) is 0 Å². The molecule has 0 aromatic rings. The van der Waals surface area contributed by atoms with Crippen LogP contribution in [-0.2, 0) is 19.1 Å². The number of aliphatic hydroxyl groups is 4. The predicted molar refractivity (Wildman–Crippen MR) is 127 cm³/mol. The van der Waals surface area contributed by atoms with Gasteiger partial charge < -0.3 is 29.9 Å². The average Bonchev–Trinajstić information content (AvgIpc) is 3.12. The van der Waals surface area contributed by atoms with E-state index in [1.54, 1.807) is 39.8 Å². The monoisotopic (exact) mass is 492 g/mol. The molecule has 1 spiro atoms. The highest BCUT2D eigenvalue weighted by Crippen LogP contribution is 2.76. The molecule has 2 bridgehead atoms. The molecule has 0 aromatic heterocycles. The molecule has 4 aliphatic carbocycles. The third-order valence-electron chi connectivity index (χ3n) is 9.44. The second kappa shape index (κ2) is 7.63. The Morgan fingerprint density at radius 3 is 2.31 bits per heavy atom. The summed E-state index contributed by atoms with van der Waals surface area (Å²) < 4.78 is 11.8. The van der Waals surface area contributed by atoms with Crippen LogP contribution in [0.2, 0.25) is 0 Å². The molecule has 8 nitrogen and oxygen atoms in total. The van der Waals surface area contributed by atoms with Crippen molar-refractivity contribution in [2.24, 2.45) is 34.0 Å². The Hall–Kier alpha value is -1.74. The fourth-order valence-corrected chi connectivity index (χ4v) is 7.74. The van der Waals surface area contributed by atoms with Crippen LogP contribution in [0.15, 0.2) is 23.3 Å². The summed E-state index contributed by atoms with van der Waals surface area (Å²) in [4.78, 5) is 25.1. The van der Waals surface area contributed by atoms with Crippen LogP contribution in [0.3, 0.4) is 0 Å². The summed E-state index contributed by atoms with van der Waals surface area (Å²) in [6.45, 7) is 13.5. The first kappa shape index (κ1) is 26.3. The lowest BCUT2D eigenvalue weighted by atomic mass is 9.58. The SMILES string of the molecule is CC(=O)O[C@@]12C[C@@H](C)[C@]34C=C(C)[C@H](OC(=O)C(C)(C)C)[C@@]3(O)[C@H](O)C(CO)=C[C@H](C4O)[C@@H]1C2(C)C. The van der Waals surface area contributed by atoms with Crippen molar-refractivity contribution < 1.29 is 39.5 Å². The van der Waals surface area contributed by atoms with Crippen molar-refractivity contribution in [3.05, 3.63) is 23.3 Å². The quantitative estimate of drug-likeness (QED) is 0.347. The van der Waals surface area contributed by atoms with Crippen LogP contribution in [0.5, 0.6) is 0 Å². The van der Waals surface area contributed by atoms with Gasteiger partial charge in [0.15, 0.2) is 6.10 Å². The van der Waals surface area contributed by atoms with Crippen LogP contribution >= 0.6 is 0 Å². The van der Waals surface area contributed by atoms with E-state index < -0.39 is 76.1 Å². The van der Waals surface area contributed by atoms with Gasteiger partial charge in [0.05, 0.1) is 23.5 Å². The number of carbonyl (C=O) groups is 2. The summed E-state index contributed by atoms with van der Waals surface area (Å²) in [7, 11) is 0. The maximum atomic E-state index is 12.9. The van der Waals surface area contributed by atoms with E-state index in [1.807, 2.05) is 20.8 Å². The largest absolute Gasteiger partial charge is 0.458 e. The van der Waals surface area contributed by atoms with Crippen molar-refractivity contribution in [3.8, 4) is 0 Å². The molecule has 0 aliphatic heterocycles. The molecule has 2 fully saturated rings. The lowest BCUT2D eigenvalue weighted by Crippen LogP contribution is -2.67. The molecule has 0 aromatic carbocycles. The Labute approximate surface area is 207 Å². The molecule has 0 amide bonds. The van der Waals surface area contributed by atoms with Crippen LogP contribution < -0.4 is 0 Å². The Kier molecular flexibility index (Phi) is 5.74. The summed E-state index contributed by atoms with van der Waals surface area (Å²) in [6.07, 6.45) is -0.301. The van der Waals surface area contributed by atoms with Gasteiger partial charge in [0, 0.05) is 24.2 Å². The van der Waals surface area contributed by atoms with Crippen molar-refractivity contribution in [1.29, 1.82) is 0 Å². The number of ether oxygens (including phenoxy) is 2. The number of aliphatic hydroxyl groups excluding tert-OH is 3. The van der Waals surface area contributed by atoms with Gasteiger partial charge in [0.1, 0.15) is 17.3 Å². The fourth-order valence-electron chi connectivity index (χ4n) is 7.74. The van der Waals surface area contributed by atoms with E-state index >= 15 is 0 Å². The summed E-state index contributed by atoms with van der Waals surface area (Å²) >= 11 is 0. The van der Waals surface area contributed by atoms with Gasteiger partial charge in [-0.05, 0) is 51.2 Å². The lowest BCUT2D eigenvalue weighted by molar-refractivity contribution is -0.228. The molecule has 4 rings (SSSR count). The topological polar surface area (TPSA) is 134 Å². The second-order valence-corrected chi connectivity index (χ2v) is 12.8. The molecule has 2 saturated carbocycles. The average molecular weight is 493 g/mol. The minimum absolute atomic E-state index is 0.145. The van der Waals surface area contributed by atoms with Crippen molar-refractivity contribution in [3.63, 3.8) is 0 Å². The second-order valence-electron chi connectivity index (χ2n) is 12.8. The van der Waals surface area contributed by atoms with Crippen molar-refractivity contribution in [2.45, 2.75) is 91.3 Å². The van der Waals surface area contributed by atoms with Crippen LogP contribution in [0.4, 0.5) is 0 Å². The molecule has 4 N–H and O–H groups in total. The molecule has 1 unspecified atom stereocenters. The molecule has 196 valence electrons. The highest BCUT2D eigenvalue weighted by Gasteiger charge is 2.83. The number of carbonyl (C=O) groups excluding carboxylic acids is 2. The molecule has 0 saturated heterocycles. The van der Waals surface area contributed by atoms with Crippen LogP contribution in [0.25, 0.3) is 0 Å². The van der Waals surface area contributed by atoms with Crippen molar-refractivity contribution in [1.82, 2.24) is 0 Å². The molecule has 9 atom stereocenters. The molecular formula is C27H40O8. The van der Waals surface area contributed by atoms with Crippen LogP contribution in [-0.4, -0.2) is 68.5 Å². The molecule has 0 radical (unpaired) electrons. The van der Waals surface area contributed by atoms with Crippen molar-refractivity contribution >= 4 is 11.9 Å². The standard InChI is InChI=1S/C27H40O8/c1-13-10-25-14(2)11-26(35-15(3)29)18(24(26,7)8)17(20(25)31)9-16(12-28)19(30)27(25,33)21(13)34-22(32)23(4,5)6/h9-10,14,17-21,28,30-31,33H,11-12H2,1-8H3/t14-,17+,18-,19-,20?,21+,25+,26+,27+/m1/s1. The molecular weight excluding hydrogens is 452 g/mol. The van der Waals surface area contributed by atoms with E-state index in [-0.39, 0.29) is 11.5 Å². The number of hydrogen-bond acceptors (Lipinski definition) is 8. The number of fused-ring (bicyclic) bond motifs is 3. The van der Waals surface area contributed by atoms with E-state index in [0.717, 1.165) is 0 Å². The first-order valence-electron chi connectivity index (χ1n) is 12.4.